The fraction of sp³-hybridized carbons (Fsp3) is 0.0588. The van der Waals surface area contributed by atoms with Gasteiger partial charge in [0.05, 0.1) is 5.69 Å². The van der Waals surface area contributed by atoms with Crippen LogP contribution in [0.15, 0.2) is 58.4 Å². The van der Waals surface area contributed by atoms with E-state index in [1.165, 1.54) is 17.4 Å². The number of para-hydroxylation sites is 1. The van der Waals surface area contributed by atoms with Gasteiger partial charge >= 0.3 is 6.61 Å². The Hall–Kier alpha value is -2.32. The van der Waals surface area contributed by atoms with Crippen molar-refractivity contribution >= 4 is 38.3 Å². The first-order valence-electron chi connectivity index (χ1n) is 7.09. The van der Waals surface area contributed by atoms with Crippen molar-refractivity contribution in [3.05, 3.63) is 63.9 Å². The second-order valence-corrected chi connectivity index (χ2v) is 6.65. The van der Waals surface area contributed by atoms with Crippen molar-refractivity contribution in [2.24, 2.45) is 0 Å². The summed E-state index contributed by atoms with van der Waals surface area (Å²) in [5.74, 6) is -0.271. The Kier molecular flexibility index (Phi) is 5.40. The fourth-order valence-electron chi connectivity index (χ4n) is 2.13. The number of thiazole rings is 1. The lowest BCUT2D eigenvalue weighted by Gasteiger charge is -2.08. The van der Waals surface area contributed by atoms with Gasteiger partial charge in [-0.3, -0.25) is 10.1 Å². The summed E-state index contributed by atoms with van der Waals surface area (Å²) < 4.78 is 30.3. The molecule has 0 radical (unpaired) electrons. The Morgan fingerprint density at radius 3 is 2.76 bits per heavy atom. The zero-order valence-corrected chi connectivity index (χ0v) is 15.0. The van der Waals surface area contributed by atoms with Gasteiger partial charge in [-0.15, -0.1) is 11.3 Å². The Labute approximate surface area is 154 Å². The van der Waals surface area contributed by atoms with Crippen LogP contribution < -0.4 is 10.1 Å². The molecule has 0 bridgehead atoms. The van der Waals surface area contributed by atoms with E-state index in [4.69, 9.17) is 0 Å². The molecule has 1 amide bonds. The molecule has 0 fully saturated rings. The minimum Gasteiger partial charge on any atom is -0.434 e. The van der Waals surface area contributed by atoms with Crippen LogP contribution in [0.25, 0.3) is 11.3 Å². The van der Waals surface area contributed by atoms with Gasteiger partial charge in [0.2, 0.25) is 0 Å². The van der Waals surface area contributed by atoms with Gasteiger partial charge in [-0.1, -0.05) is 34.1 Å². The summed E-state index contributed by atoms with van der Waals surface area (Å²) in [6, 6.07) is 13.3. The predicted octanol–water partition coefficient (Wildman–Crippen LogP) is 5.43. The number of alkyl halides is 2. The van der Waals surface area contributed by atoms with Crippen LogP contribution in [0.3, 0.4) is 0 Å². The summed E-state index contributed by atoms with van der Waals surface area (Å²) in [6.07, 6.45) is 0. The summed E-state index contributed by atoms with van der Waals surface area (Å²) >= 11 is 4.51. The van der Waals surface area contributed by atoms with Gasteiger partial charge in [0, 0.05) is 21.0 Å². The number of rotatable bonds is 5. The van der Waals surface area contributed by atoms with Crippen molar-refractivity contribution in [2.45, 2.75) is 6.61 Å². The molecule has 2 aromatic carbocycles. The smallest absolute Gasteiger partial charge is 0.387 e. The molecule has 0 atom stereocenters. The molecule has 1 N–H and O–H groups in total. The first-order chi connectivity index (χ1) is 12.0. The highest BCUT2D eigenvalue weighted by molar-refractivity contribution is 9.10. The van der Waals surface area contributed by atoms with Gasteiger partial charge in [-0.05, 0) is 30.3 Å². The Morgan fingerprint density at radius 1 is 1.20 bits per heavy atom. The summed E-state index contributed by atoms with van der Waals surface area (Å²) in [7, 11) is 0. The van der Waals surface area contributed by atoms with Crippen molar-refractivity contribution in [3.8, 4) is 17.0 Å². The van der Waals surface area contributed by atoms with E-state index in [1.807, 2.05) is 6.07 Å². The van der Waals surface area contributed by atoms with E-state index in [-0.39, 0.29) is 11.7 Å². The minimum atomic E-state index is -2.92. The number of amides is 1. The number of anilines is 1. The number of carbonyl (C=O) groups is 1. The summed E-state index contributed by atoms with van der Waals surface area (Å²) in [5.41, 5.74) is 1.36. The second kappa shape index (κ2) is 7.71. The maximum atomic E-state index is 12.5. The largest absolute Gasteiger partial charge is 0.434 e. The lowest BCUT2D eigenvalue weighted by molar-refractivity contribution is -0.0494. The Balaban J connectivity index is 1.80. The van der Waals surface area contributed by atoms with Crippen molar-refractivity contribution in [2.75, 3.05) is 5.32 Å². The third-order valence-corrected chi connectivity index (χ3v) is 4.44. The number of nitrogens with zero attached hydrogens (tertiary/aromatic N) is 1. The molecule has 0 aliphatic heterocycles. The number of hydrogen-bond acceptors (Lipinski definition) is 4. The van der Waals surface area contributed by atoms with Gasteiger partial charge in [-0.25, -0.2) is 4.98 Å². The van der Waals surface area contributed by atoms with E-state index < -0.39 is 6.61 Å². The molecule has 0 spiro atoms. The first kappa shape index (κ1) is 17.5. The van der Waals surface area contributed by atoms with E-state index >= 15 is 0 Å². The normalized spacial score (nSPS) is 10.7. The molecular weight excluding hydrogens is 414 g/mol. The molecule has 3 rings (SSSR count). The highest BCUT2D eigenvalue weighted by atomic mass is 79.9. The summed E-state index contributed by atoms with van der Waals surface area (Å²) in [5, 5.41) is 4.73. The topological polar surface area (TPSA) is 51.2 Å². The van der Waals surface area contributed by atoms with Gasteiger partial charge in [0.25, 0.3) is 5.91 Å². The second-order valence-electron chi connectivity index (χ2n) is 4.88. The molecule has 1 aromatic heterocycles. The van der Waals surface area contributed by atoms with Crippen molar-refractivity contribution < 1.29 is 18.3 Å². The molecule has 0 aliphatic rings. The fourth-order valence-corrected chi connectivity index (χ4v) is 3.24. The minimum absolute atomic E-state index is 0.0349. The highest BCUT2D eigenvalue weighted by Gasteiger charge is 2.15. The van der Waals surface area contributed by atoms with Gasteiger partial charge in [0.15, 0.2) is 5.13 Å². The molecular formula is C17H11BrF2N2O2S. The van der Waals surface area contributed by atoms with Gasteiger partial charge in [0.1, 0.15) is 5.75 Å². The molecule has 128 valence electrons. The number of nitrogens with one attached hydrogen (secondary N) is 1. The average molecular weight is 425 g/mol. The van der Waals surface area contributed by atoms with E-state index in [2.05, 4.69) is 31.0 Å². The van der Waals surface area contributed by atoms with Crippen molar-refractivity contribution in [1.82, 2.24) is 4.98 Å². The highest BCUT2D eigenvalue weighted by Crippen LogP contribution is 2.33. The summed E-state index contributed by atoms with van der Waals surface area (Å²) in [6.45, 7) is -2.92. The molecule has 0 aliphatic carbocycles. The average Bonchev–Trinajstić information content (AvgIpc) is 3.03. The van der Waals surface area contributed by atoms with Gasteiger partial charge in [-0.2, -0.15) is 8.78 Å². The van der Waals surface area contributed by atoms with E-state index in [9.17, 15) is 13.6 Å². The third-order valence-electron chi connectivity index (χ3n) is 3.19. The zero-order valence-electron chi connectivity index (χ0n) is 12.6. The zero-order chi connectivity index (χ0) is 17.8. The van der Waals surface area contributed by atoms with Crippen LogP contribution in [0.2, 0.25) is 0 Å². The molecule has 4 nitrogen and oxygen atoms in total. The lowest BCUT2D eigenvalue weighted by Crippen LogP contribution is -2.11. The number of benzene rings is 2. The maximum Gasteiger partial charge on any atom is 0.387 e. The van der Waals surface area contributed by atoms with Crippen LogP contribution in [0.4, 0.5) is 13.9 Å². The molecule has 8 heteroatoms. The molecule has 0 saturated heterocycles. The van der Waals surface area contributed by atoms with Crippen LogP contribution in [0.5, 0.6) is 5.75 Å². The first-order valence-corrected chi connectivity index (χ1v) is 8.77. The predicted molar refractivity (Wildman–Crippen MR) is 96.3 cm³/mol. The third kappa shape index (κ3) is 4.40. The Bertz CT molecular complexity index is 902. The number of hydrogen-bond donors (Lipinski definition) is 1. The number of ether oxygens (including phenoxy) is 1. The number of carbonyl (C=O) groups excluding carboxylic acids is 1. The number of halogens is 3. The molecule has 0 unspecified atom stereocenters. The monoisotopic (exact) mass is 424 g/mol. The lowest BCUT2D eigenvalue weighted by atomic mass is 10.1. The molecule has 0 saturated carbocycles. The standard InChI is InChI=1S/C17H11BrF2N2O2S/c18-11-5-3-4-10(8-11)15(23)22-17-21-13(9-25-17)12-6-1-2-7-14(12)24-16(19)20/h1-9,16H,(H,21,22,23). The van der Waals surface area contributed by atoms with Crippen LogP contribution in [-0.4, -0.2) is 17.5 Å². The maximum absolute atomic E-state index is 12.5. The van der Waals surface area contributed by atoms with E-state index in [0.717, 1.165) is 4.47 Å². The van der Waals surface area contributed by atoms with E-state index in [0.29, 0.717) is 22.0 Å². The molecule has 1 heterocycles. The van der Waals surface area contributed by atoms with Crippen molar-refractivity contribution in [3.63, 3.8) is 0 Å². The van der Waals surface area contributed by atoms with Crippen LogP contribution in [0.1, 0.15) is 10.4 Å². The van der Waals surface area contributed by atoms with Crippen molar-refractivity contribution in [1.29, 1.82) is 0 Å². The Morgan fingerprint density at radius 2 is 2.00 bits per heavy atom. The van der Waals surface area contributed by atoms with Crippen LogP contribution in [-0.2, 0) is 0 Å². The SMILES string of the molecule is O=C(Nc1nc(-c2ccccc2OC(F)F)cs1)c1cccc(Br)c1. The molecule has 25 heavy (non-hydrogen) atoms. The molecule has 3 aromatic rings. The van der Waals surface area contributed by atoms with Crippen LogP contribution >= 0.6 is 27.3 Å². The van der Waals surface area contributed by atoms with E-state index in [1.54, 1.807) is 41.8 Å². The summed E-state index contributed by atoms with van der Waals surface area (Å²) in [4.78, 5) is 16.5. The number of aromatic nitrogens is 1. The quantitative estimate of drug-likeness (QED) is 0.594. The van der Waals surface area contributed by atoms with Gasteiger partial charge < -0.3 is 4.74 Å². The van der Waals surface area contributed by atoms with Crippen LogP contribution in [0, 0.1) is 0 Å².